The van der Waals surface area contributed by atoms with Crippen LogP contribution in [0.2, 0.25) is 0 Å². The van der Waals surface area contributed by atoms with Crippen molar-refractivity contribution in [1.29, 1.82) is 0 Å². The van der Waals surface area contributed by atoms with Gasteiger partial charge in [0, 0.05) is 5.69 Å². The van der Waals surface area contributed by atoms with Crippen molar-refractivity contribution in [3.8, 4) is 11.5 Å². The number of azo groups is 1. The van der Waals surface area contributed by atoms with Crippen LogP contribution in [0.3, 0.4) is 0 Å². The highest BCUT2D eigenvalue weighted by atomic mass is 16.4. The van der Waals surface area contributed by atoms with Gasteiger partial charge in [-0.2, -0.15) is 0 Å². The van der Waals surface area contributed by atoms with E-state index in [4.69, 9.17) is 9.52 Å². The van der Waals surface area contributed by atoms with Gasteiger partial charge in [0.1, 0.15) is 5.65 Å². The number of rotatable bonds is 4. The van der Waals surface area contributed by atoms with Crippen molar-refractivity contribution in [3.63, 3.8) is 0 Å². The Bertz CT molecular complexity index is 1130. The molecule has 3 heterocycles. The molecule has 0 fully saturated rings. The molecule has 0 aliphatic carbocycles. The van der Waals surface area contributed by atoms with Crippen molar-refractivity contribution < 1.29 is 14.3 Å². The third kappa shape index (κ3) is 2.75. The largest absolute Gasteiger partial charge is 0.478 e. The average molecular weight is 346 g/mol. The molecule has 4 aromatic rings. The second-order valence-corrected chi connectivity index (χ2v) is 5.68. The summed E-state index contributed by atoms with van der Waals surface area (Å²) in [6.07, 6.45) is 1.57. The van der Waals surface area contributed by atoms with Crippen LogP contribution in [0.4, 0.5) is 11.5 Å². The van der Waals surface area contributed by atoms with E-state index in [1.165, 1.54) is 12.1 Å². The quantitative estimate of drug-likeness (QED) is 0.525. The van der Waals surface area contributed by atoms with Gasteiger partial charge in [0.25, 0.3) is 0 Å². The molecule has 4 rings (SSSR count). The first-order valence-corrected chi connectivity index (χ1v) is 7.90. The Balaban J connectivity index is 1.86. The van der Waals surface area contributed by atoms with Crippen LogP contribution in [0, 0.1) is 6.92 Å². The second-order valence-electron chi connectivity index (χ2n) is 5.68. The number of aromatic carboxylic acids is 1. The third-order valence-corrected chi connectivity index (χ3v) is 3.92. The molecule has 0 unspecified atom stereocenters. The van der Waals surface area contributed by atoms with E-state index in [0.717, 1.165) is 11.3 Å². The molecule has 128 valence electrons. The molecule has 0 bridgehead atoms. The number of hydrogen-bond acceptors (Lipinski definition) is 5. The third-order valence-electron chi connectivity index (χ3n) is 3.92. The summed E-state index contributed by atoms with van der Waals surface area (Å²) in [4.78, 5) is 15.7. The van der Waals surface area contributed by atoms with E-state index in [-0.39, 0.29) is 5.56 Å². The first kappa shape index (κ1) is 15.8. The number of aromatic nitrogens is 2. The van der Waals surface area contributed by atoms with Gasteiger partial charge in [0.15, 0.2) is 17.3 Å². The number of pyridine rings is 1. The predicted octanol–water partition coefficient (Wildman–Crippen LogP) is 5.02. The minimum absolute atomic E-state index is 0.155. The van der Waals surface area contributed by atoms with Crippen molar-refractivity contribution in [2.45, 2.75) is 6.92 Å². The highest BCUT2D eigenvalue weighted by molar-refractivity contribution is 5.88. The molecule has 1 aromatic carbocycles. The monoisotopic (exact) mass is 346 g/mol. The van der Waals surface area contributed by atoms with Gasteiger partial charge in [-0.3, -0.25) is 4.40 Å². The summed E-state index contributed by atoms with van der Waals surface area (Å²) < 4.78 is 7.35. The van der Waals surface area contributed by atoms with Crippen LogP contribution in [0.15, 0.2) is 75.5 Å². The van der Waals surface area contributed by atoms with Crippen molar-refractivity contribution in [1.82, 2.24) is 9.38 Å². The average Bonchev–Trinajstić information content (AvgIpc) is 3.28. The Hall–Kier alpha value is -3.74. The summed E-state index contributed by atoms with van der Waals surface area (Å²) in [5, 5.41) is 17.7. The lowest BCUT2D eigenvalue weighted by Crippen LogP contribution is -1.94. The van der Waals surface area contributed by atoms with E-state index in [1.807, 2.05) is 29.5 Å². The minimum Gasteiger partial charge on any atom is -0.478 e. The fourth-order valence-corrected chi connectivity index (χ4v) is 2.71. The Kier molecular flexibility index (Phi) is 3.81. The molecule has 0 saturated heterocycles. The molecule has 0 aliphatic rings. The maximum Gasteiger partial charge on any atom is 0.335 e. The summed E-state index contributed by atoms with van der Waals surface area (Å²) in [5.74, 6) is 0.0964. The molecule has 0 saturated carbocycles. The molecular weight excluding hydrogens is 332 g/mol. The molecule has 0 spiro atoms. The maximum absolute atomic E-state index is 11.1. The van der Waals surface area contributed by atoms with Gasteiger partial charge in [0.2, 0.25) is 0 Å². The van der Waals surface area contributed by atoms with Gasteiger partial charge in [0.05, 0.1) is 17.5 Å². The van der Waals surface area contributed by atoms with E-state index in [9.17, 15) is 4.79 Å². The van der Waals surface area contributed by atoms with Gasteiger partial charge in [-0.05, 0) is 49.4 Å². The Labute approximate surface area is 148 Å². The number of imidazole rings is 1. The molecule has 26 heavy (non-hydrogen) atoms. The van der Waals surface area contributed by atoms with Gasteiger partial charge in [-0.1, -0.05) is 12.1 Å². The summed E-state index contributed by atoms with van der Waals surface area (Å²) in [5.41, 5.74) is 2.84. The van der Waals surface area contributed by atoms with E-state index in [0.29, 0.717) is 23.0 Å². The summed E-state index contributed by atoms with van der Waals surface area (Å²) in [6, 6.07) is 15.6. The topological polar surface area (TPSA) is 92.5 Å². The van der Waals surface area contributed by atoms with E-state index in [2.05, 4.69) is 15.2 Å². The number of nitrogens with zero attached hydrogens (tertiary/aromatic N) is 4. The van der Waals surface area contributed by atoms with Crippen LogP contribution < -0.4 is 0 Å². The highest BCUT2D eigenvalue weighted by Gasteiger charge is 2.17. The number of fused-ring (bicyclic) bond motifs is 1. The highest BCUT2D eigenvalue weighted by Crippen LogP contribution is 2.33. The molecule has 1 N–H and O–H groups in total. The summed E-state index contributed by atoms with van der Waals surface area (Å²) in [6.45, 7) is 1.95. The van der Waals surface area contributed by atoms with Crippen LogP contribution in [0.5, 0.6) is 0 Å². The second kappa shape index (κ2) is 6.29. The molecule has 0 aliphatic heterocycles. The zero-order valence-corrected chi connectivity index (χ0v) is 13.8. The van der Waals surface area contributed by atoms with Gasteiger partial charge < -0.3 is 9.52 Å². The number of carboxylic acid groups (broad SMARTS) is 1. The number of carbonyl (C=O) groups is 1. The SMILES string of the molecule is Cc1cccc2nc(-c3ccco3)c(N=Nc3cccc(C(=O)O)c3)n12. The van der Waals surface area contributed by atoms with Crippen molar-refractivity contribution >= 4 is 23.1 Å². The first-order valence-electron chi connectivity index (χ1n) is 7.90. The van der Waals surface area contributed by atoms with Crippen molar-refractivity contribution in [3.05, 3.63) is 72.1 Å². The summed E-state index contributed by atoms with van der Waals surface area (Å²) >= 11 is 0. The molecule has 0 radical (unpaired) electrons. The van der Waals surface area contributed by atoms with Crippen LogP contribution in [-0.2, 0) is 0 Å². The fourth-order valence-electron chi connectivity index (χ4n) is 2.71. The molecule has 7 heteroatoms. The molecule has 0 amide bonds. The lowest BCUT2D eigenvalue weighted by atomic mass is 10.2. The number of carboxylic acids is 1. The first-order chi connectivity index (χ1) is 12.6. The zero-order chi connectivity index (χ0) is 18.1. The molecular formula is C19H14N4O3. The normalized spacial score (nSPS) is 11.4. The number of benzene rings is 1. The Morgan fingerprint density at radius 3 is 2.73 bits per heavy atom. The smallest absolute Gasteiger partial charge is 0.335 e. The lowest BCUT2D eigenvalue weighted by Gasteiger charge is -2.01. The van der Waals surface area contributed by atoms with Crippen LogP contribution in [-0.4, -0.2) is 20.5 Å². The number of aryl methyl sites for hydroxylation is 1. The van der Waals surface area contributed by atoms with Crippen LogP contribution in [0.25, 0.3) is 17.1 Å². The number of furan rings is 1. The van der Waals surface area contributed by atoms with Gasteiger partial charge in [-0.15, -0.1) is 10.2 Å². The molecule has 0 atom stereocenters. The van der Waals surface area contributed by atoms with Crippen LogP contribution >= 0.6 is 0 Å². The minimum atomic E-state index is -1.01. The van der Waals surface area contributed by atoms with Gasteiger partial charge >= 0.3 is 5.97 Å². The van der Waals surface area contributed by atoms with Crippen molar-refractivity contribution in [2.24, 2.45) is 10.2 Å². The van der Waals surface area contributed by atoms with Crippen molar-refractivity contribution in [2.75, 3.05) is 0 Å². The van der Waals surface area contributed by atoms with Gasteiger partial charge in [-0.25, -0.2) is 9.78 Å². The predicted molar refractivity (Wildman–Crippen MR) is 95.2 cm³/mol. The Morgan fingerprint density at radius 1 is 1.12 bits per heavy atom. The Morgan fingerprint density at radius 2 is 1.96 bits per heavy atom. The lowest BCUT2D eigenvalue weighted by molar-refractivity contribution is 0.0697. The maximum atomic E-state index is 11.1. The van der Waals surface area contributed by atoms with E-state index < -0.39 is 5.97 Å². The number of hydrogen-bond donors (Lipinski definition) is 1. The van der Waals surface area contributed by atoms with E-state index >= 15 is 0 Å². The fraction of sp³-hybridized carbons (Fsp3) is 0.0526. The molecule has 7 nitrogen and oxygen atoms in total. The van der Waals surface area contributed by atoms with Crippen LogP contribution in [0.1, 0.15) is 16.1 Å². The zero-order valence-electron chi connectivity index (χ0n) is 13.8. The molecule has 3 aromatic heterocycles. The van der Waals surface area contributed by atoms with E-state index in [1.54, 1.807) is 30.5 Å². The standard InChI is InChI=1S/C19H14N4O3/c1-12-5-2-9-16-20-17(15-8-4-10-26-15)18(23(12)16)22-21-14-7-3-6-13(11-14)19(24)25/h2-11H,1H3,(H,24,25). The summed E-state index contributed by atoms with van der Waals surface area (Å²) in [7, 11) is 0.